The van der Waals surface area contributed by atoms with Crippen LogP contribution in [0.1, 0.15) is 17.4 Å². The third-order valence-corrected chi connectivity index (χ3v) is 2.71. The maximum Gasteiger partial charge on any atom is 0.355 e. The molecule has 0 unspecified atom stereocenters. The zero-order valence-corrected chi connectivity index (χ0v) is 10.3. The van der Waals surface area contributed by atoms with Crippen LogP contribution in [0.3, 0.4) is 0 Å². The molecule has 2 aromatic heterocycles. The number of rotatable bonds is 3. The summed E-state index contributed by atoms with van der Waals surface area (Å²) in [6.07, 6.45) is 3.36. The summed E-state index contributed by atoms with van der Waals surface area (Å²) in [5.74, 6) is 0.0459. The number of methoxy groups -OCH3 is 1. The highest BCUT2D eigenvalue weighted by atomic mass is 16.5. The average molecular weight is 244 g/mol. The lowest BCUT2D eigenvalue weighted by Crippen LogP contribution is -2.11. The molecular weight excluding hydrogens is 230 g/mol. The van der Waals surface area contributed by atoms with E-state index in [1.165, 1.54) is 7.11 Å². The van der Waals surface area contributed by atoms with Crippen molar-refractivity contribution in [1.82, 2.24) is 9.55 Å². The molecule has 0 amide bonds. The highest BCUT2D eigenvalue weighted by Gasteiger charge is 2.19. The monoisotopic (exact) mass is 244 g/mol. The average Bonchev–Trinajstić information content (AvgIpc) is 2.75. The van der Waals surface area contributed by atoms with Gasteiger partial charge in [0.15, 0.2) is 0 Å². The van der Waals surface area contributed by atoms with Crippen molar-refractivity contribution in [3.05, 3.63) is 36.3 Å². The molecule has 0 aliphatic carbocycles. The molecule has 1 radical (unpaired) electrons. The number of pyridine rings is 1. The van der Waals surface area contributed by atoms with Gasteiger partial charge in [-0.2, -0.15) is 0 Å². The van der Waals surface area contributed by atoms with Gasteiger partial charge in [-0.3, -0.25) is 4.98 Å². The van der Waals surface area contributed by atoms with Crippen molar-refractivity contribution in [3.8, 4) is 11.1 Å². The van der Waals surface area contributed by atoms with Crippen LogP contribution in [0.25, 0.3) is 11.1 Å². The second-order valence-corrected chi connectivity index (χ2v) is 3.71. The largest absolute Gasteiger partial charge is 0.464 e. The summed E-state index contributed by atoms with van der Waals surface area (Å²) in [7, 11) is 1.34. The minimum absolute atomic E-state index is 0.330. The number of aromatic nitrogens is 2. The second kappa shape index (κ2) is 4.91. The van der Waals surface area contributed by atoms with Crippen molar-refractivity contribution in [2.45, 2.75) is 13.5 Å². The molecule has 0 atom stereocenters. The Bertz CT molecular complexity index is 561. The number of nitrogen functional groups attached to an aromatic ring is 1. The first kappa shape index (κ1) is 12.2. The number of ether oxygens (including phenoxy) is 1. The summed E-state index contributed by atoms with van der Waals surface area (Å²) in [6, 6.07) is 6.67. The van der Waals surface area contributed by atoms with Crippen LogP contribution in [0, 0.1) is 6.07 Å². The van der Waals surface area contributed by atoms with Crippen LogP contribution < -0.4 is 5.73 Å². The van der Waals surface area contributed by atoms with Gasteiger partial charge in [-0.05, 0) is 13.0 Å². The first-order chi connectivity index (χ1) is 8.69. The summed E-state index contributed by atoms with van der Waals surface area (Å²) < 4.78 is 6.40. The number of hydrogen-bond donors (Lipinski definition) is 1. The second-order valence-electron chi connectivity index (χ2n) is 3.71. The number of carbonyl (C=O) groups is 1. The van der Waals surface area contributed by atoms with E-state index in [-0.39, 0.29) is 0 Å². The van der Waals surface area contributed by atoms with Crippen molar-refractivity contribution in [3.63, 3.8) is 0 Å². The van der Waals surface area contributed by atoms with Crippen LogP contribution in [-0.2, 0) is 11.3 Å². The fraction of sp³-hybridized carbons (Fsp3) is 0.231. The van der Waals surface area contributed by atoms with Gasteiger partial charge in [-0.1, -0.05) is 6.07 Å². The van der Waals surface area contributed by atoms with Crippen LogP contribution in [0.15, 0.2) is 24.5 Å². The Morgan fingerprint density at radius 3 is 2.94 bits per heavy atom. The smallest absolute Gasteiger partial charge is 0.355 e. The number of nitrogens with two attached hydrogens (primary N) is 1. The molecular formula is C13H14N3O2. The molecule has 2 rings (SSSR count). The molecule has 5 nitrogen and oxygen atoms in total. The molecule has 0 spiro atoms. The maximum atomic E-state index is 11.6. The molecule has 93 valence electrons. The Morgan fingerprint density at radius 1 is 1.61 bits per heavy atom. The van der Waals surface area contributed by atoms with Crippen LogP contribution in [0.2, 0.25) is 0 Å². The van der Waals surface area contributed by atoms with E-state index in [0.29, 0.717) is 23.6 Å². The van der Waals surface area contributed by atoms with Gasteiger partial charge in [-0.15, -0.1) is 0 Å². The Hall–Kier alpha value is -2.30. The highest BCUT2D eigenvalue weighted by Crippen LogP contribution is 2.28. The SMILES string of the molecule is CCn1c(C(=O)OC)[c]c(-c2cccnc2)c1N. The van der Waals surface area contributed by atoms with Crippen LogP contribution in [0.5, 0.6) is 0 Å². The lowest BCUT2D eigenvalue weighted by atomic mass is 10.1. The maximum absolute atomic E-state index is 11.6. The highest BCUT2D eigenvalue weighted by molar-refractivity contribution is 5.92. The number of esters is 1. The van der Waals surface area contributed by atoms with Gasteiger partial charge in [0, 0.05) is 36.1 Å². The van der Waals surface area contributed by atoms with E-state index in [1.807, 2.05) is 19.1 Å². The van der Waals surface area contributed by atoms with Crippen molar-refractivity contribution in [2.24, 2.45) is 0 Å². The molecule has 0 aliphatic heterocycles. The lowest BCUT2D eigenvalue weighted by Gasteiger charge is -2.06. The van der Waals surface area contributed by atoms with E-state index >= 15 is 0 Å². The Morgan fingerprint density at radius 2 is 2.39 bits per heavy atom. The molecule has 0 saturated heterocycles. The summed E-state index contributed by atoms with van der Waals surface area (Å²) in [4.78, 5) is 15.7. The number of carbonyl (C=O) groups excluding carboxylic acids is 1. The Balaban J connectivity index is 2.57. The zero-order valence-electron chi connectivity index (χ0n) is 10.3. The Kier molecular flexibility index (Phi) is 3.32. The van der Waals surface area contributed by atoms with Gasteiger partial charge in [0.25, 0.3) is 0 Å². The first-order valence-electron chi connectivity index (χ1n) is 5.59. The van der Waals surface area contributed by atoms with Crippen molar-refractivity contribution < 1.29 is 9.53 Å². The predicted molar refractivity (Wildman–Crippen MR) is 67.9 cm³/mol. The quantitative estimate of drug-likeness (QED) is 0.835. The predicted octanol–water partition coefficient (Wildman–Crippen LogP) is 1.74. The number of hydrogen-bond acceptors (Lipinski definition) is 4. The summed E-state index contributed by atoms with van der Waals surface area (Å²) in [5, 5.41) is 0. The van der Waals surface area contributed by atoms with Crippen molar-refractivity contribution >= 4 is 11.8 Å². The van der Waals surface area contributed by atoms with E-state index in [4.69, 9.17) is 10.5 Å². The fourth-order valence-electron chi connectivity index (χ4n) is 1.82. The summed E-state index contributed by atoms with van der Waals surface area (Å²) >= 11 is 0. The third kappa shape index (κ3) is 1.95. The number of nitrogens with zero attached hydrogens (tertiary/aromatic N) is 2. The molecule has 2 N–H and O–H groups in total. The lowest BCUT2D eigenvalue weighted by molar-refractivity contribution is 0.0588. The standard InChI is InChI=1S/C13H14N3O2/c1-3-16-11(13(17)18-2)7-10(12(16)14)9-5-4-6-15-8-9/h4-6,8H,3,14H2,1-2H3. The van der Waals surface area contributed by atoms with Gasteiger partial charge in [0.1, 0.15) is 11.5 Å². The molecule has 0 saturated carbocycles. The first-order valence-corrected chi connectivity index (χ1v) is 5.59. The molecule has 5 heteroatoms. The zero-order chi connectivity index (χ0) is 13.1. The van der Waals surface area contributed by atoms with Crippen molar-refractivity contribution in [1.29, 1.82) is 0 Å². The molecule has 18 heavy (non-hydrogen) atoms. The third-order valence-electron chi connectivity index (χ3n) is 2.71. The number of anilines is 1. The minimum Gasteiger partial charge on any atom is -0.464 e. The van der Waals surface area contributed by atoms with Gasteiger partial charge in [0.2, 0.25) is 0 Å². The van der Waals surface area contributed by atoms with Gasteiger partial charge >= 0.3 is 5.97 Å². The molecule has 0 aromatic carbocycles. The van der Waals surface area contributed by atoms with E-state index in [2.05, 4.69) is 11.1 Å². The van der Waals surface area contributed by atoms with E-state index in [0.717, 1.165) is 5.56 Å². The van der Waals surface area contributed by atoms with Crippen LogP contribution in [-0.4, -0.2) is 22.6 Å². The van der Waals surface area contributed by atoms with Gasteiger partial charge in [-0.25, -0.2) is 4.79 Å². The van der Waals surface area contributed by atoms with E-state index < -0.39 is 5.97 Å². The normalized spacial score (nSPS) is 10.3. The molecule has 2 aromatic rings. The van der Waals surface area contributed by atoms with Gasteiger partial charge < -0.3 is 15.0 Å². The van der Waals surface area contributed by atoms with Crippen LogP contribution >= 0.6 is 0 Å². The minimum atomic E-state index is -0.446. The Labute approximate surface area is 105 Å². The summed E-state index contributed by atoms with van der Waals surface area (Å²) in [5.41, 5.74) is 7.86. The molecule has 2 heterocycles. The fourth-order valence-corrected chi connectivity index (χ4v) is 1.82. The topological polar surface area (TPSA) is 70.1 Å². The van der Waals surface area contributed by atoms with Crippen LogP contribution in [0.4, 0.5) is 5.82 Å². The molecule has 0 fully saturated rings. The van der Waals surface area contributed by atoms with Crippen molar-refractivity contribution in [2.75, 3.05) is 12.8 Å². The van der Waals surface area contributed by atoms with E-state index in [9.17, 15) is 4.79 Å². The summed E-state index contributed by atoms with van der Waals surface area (Å²) in [6.45, 7) is 2.48. The van der Waals surface area contributed by atoms with Gasteiger partial charge in [0.05, 0.1) is 7.11 Å². The van der Waals surface area contributed by atoms with E-state index in [1.54, 1.807) is 17.0 Å². The molecule has 0 aliphatic rings. The molecule has 0 bridgehead atoms.